The second-order valence-corrected chi connectivity index (χ2v) is 4.85. The first kappa shape index (κ1) is 16.7. The second-order valence-electron chi connectivity index (χ2n) is 4.09. The lowest BCUT2D eigenvalue weighted by atomic mass is 10.2. The van der Waals surface area contributed by atoms with E-state index in [-0.39, 0.29) is 5.69 Å². The first-order valence-electron chi connectivity index (χ1n) is 5.86. The highest BCUT2D eigenvalue weighted by Crippen LogP contribution is 2.23. The van der Waals surface area contributed by atoms with E-state index in [4.69, 9.17) is 23.1 Å². The summed E-state index contributed by atoms with van der Waals surface area (Å²) in [6, 6.07) is 8.07. The van der Waals surface area contributed by atoms with E-state index < -0.39 is 15.2 Å². The topological polar surface area (TPSA) is 166 Å². The molecule has 3 rings (SSSR count). The third-order valence-corrected chi connectivity index (χ3v) is 2.54. The SMILES string of the molecule is O=[N+]([O-])c1cccc(-c2c[n+]3cccnc3o2)c1.[O-][Cl+3]([O-])([O-])[O-]. The summed E-state index contributed by atoms with van der Waals surface area (Å²) < 4.78 is 41.2. The number of hydrogen-bond donors (Lipinski definition) is 0. The van der Waals surface area contributed by atoms with Crippen molar-refractivity contribution in [1.82, 2.24) is 4.98 Å². The van der Waals surface area contributed by atoms with Gasteiger partial charge in [0, 0.05) is 23.8 Å². The van der Waals surface area contributed by atoms with Crippen LogP contribution in [0.25, 0.3) is 17.2 Å². The molecular formula is C12H8ClN3O7. The molecule has 0 spiro atoms. The summed E-state index contributed by atoms with van der Waals surface area (Å²) in [6.45, 7) is 0. The van der Waals surface area contributed by atoms with Crippen molar-refractivity contribution < 1.29 is 42.6 Å². The summed E-state index contributed by atoms with van der Waals surface area (Å²) in [7, 11) is -4.94. The van der Waals surface area contributed by atoms with Crippen molar-refractivity contribution >= 4 is 11.5 Å². The largest absolute Gasteiger partial charge is 0.508 e. The Morgan fingerprint density at radius 3 is 2.48 bits per heavy atom. The molecule has 10 nitrogen and oxygen atoms in total. The Bertz CT molecular complexity index is 792. The van der Waals surface area contributed by atoms with E-state index in [1.165, 1.54) is 12.1 Å². The van der Waals surface area contributed by atoms with Crippen molar-refractivity contribution in [2.75, 3.05) is 0 Å². The molecule has 3 aromatic rings. The van der Waals surface area contributed by atoms with Crippen molar-refractivity contribution in [2.45, 2.75) is 0 Å². The minimum atomic E-state index is -4.94. The predicted molar refractivity (Wildman–Crippen MR) is 61.8 cm³/mol. The van der Waals surface area contributed by atoms with E-state index in [9.17, 15) is 10.1 Å². The maximum Gasteiger partial charge on any atom is 0.508 e. The molecule has 0 bridgehead atoms. The molecule has 0 fully saturated rings. The van der Waals surface area contributed by atoms with Gasteiger partial charge in [-0.15, -0.1) is 10.2 Å². The van der Waals surface area contributed by atoms with Gasteiger partial charge in [-0.25, -0.2) is 18.6 Å². The minimum absolute atomic E-state index is 0.0333. The fourth-order valence-electron chi connectivity index (χ4n) is 1.70. The zero-order valence-electron chi connectivity index (χ0n) is 11.2. The Kier molecular flexibility index (Phi) is 4.83. The highest BCUT2D eigenvalue weighted by Gasteiger charge is 2.15. The van der Waals surface area contributed by atoms with Gasteiger partial charge in [0.05, 0.1) is 4.92 Å². The van der Waals surface area contributed by atoms with Gasteiger partial charge in [-0.3, -0.25) is 10.1 Å². The molecule has 11 heteroatoms. The molecule has 0 saturated heterocycles. The fraction of sp³-hybridized carbons (Fsp3) is 0. The molecule has 0 unspecified atom stereocenters. The van der Waals surface area contributed by atoms with Crippen molar-refractivity contribution in [2.24, 2.45) is 0 Å². The fourth-order valence-corrected chi connectivity index (χ4v) is 1.70. The van der Waals surface area contributed by atoms with Gasteiger partial charge in [-0.05, 0) is 4.98 Å². The van der Waals surface area contributed by atoms with Gasteiger partial charge >= 0.3 is 5.84 Å². The van der Waals surface area contributed by atoms with Crippen molar-refractivity contribution in [3.05, 3.63) is 59.0 Å². The second kappa shape index (κ2) is 6.64. The Labute approximate surface area is 130 Å². The third-order valence-electron chi connectivity index (χ3n) is 2.54. The molecular weight excluding hydrogens is 334 g/mol. The zero-order valence-corrected chi connectivity index (χ0v) is 12.0. The number of nitrogens with zero attached hydrogens (tertiary/aromatic N) is 3. The van der Waals surface area contributed by atoms with Crippen LogP contribution < -0.4 is 23.0 Å². The molecule has 0 saturated carbocycles. The molecule has 0 atom stereocenters. The van der Waals surface area contributed by atoms with E-state index in [2.05, 4.69) is 4.98 Å². The number of oxazole rings is 1. The van der Waals surface area contributed by atoms with Crippen molar-refractivity contribution in [3.63, 3.8) is 0 Å². The number of non-ortho nitro benzene ring substituents is 1. The van der Waals surface area contributed by atoms with E-state index in [0.29, 0.717) is 17.2 Å². The standard InChI is InChI=1S/C12H8N3O3.ClHO4/c16-15(17)10-4-1-3-9(7-10)11-8-14-6-2-5-13-12(14)18-11;2-1(3,4)5/h1-8H;(H,2,3,4,5)/q+1;/p-1. The van der Waals surface area contributed by atoms with Gasteiger partial charge in [-0.2, -0.15) is 4.40 Å². The van der Waals surface area contributed by atoms with E-state index >= 15 is 0 Å². The number of nitro groups is 1. The van der Waals surface area contributed by atoms with Gasteiger partial charge in [0.15, 0.2) is 5.76 Å². The molecule has 0 aliphatic rings. The predicted octanol–water partition coefficient (Wildman–Crippen LogP) is -2.77. The Hall–Kier alpha value is -2.63. The van der Waals surface area contributed by atoms with Crippen LogP contribution in [0.1, 0.15) is 0 Å². The summed E-state index contributed by atoms with van der Waals surface area (Å²) in [5.41, 5.74) is 0.681. The molecule has 1 aromatic carbocycles. The van der Waals surface area contributed by atoms with Gasteiger partial charge in [0.25, 0.3) is 5.69 Å². The van der Waals surface area contributed by atoms with Crippen LogP contribution in [0.15, 0.2) is 53.3 Å². The van der Waals surface area contributed by atoms with Crippen LogP contribution in [0.5, 0.6) is 0 Å². The summed E-state index contributed by atoms with van der Waals surface area (Å²) in [4.78, 5) is 14.3. The van der Waals surface area contributed by atoms with Crippen LogP contribution in [0.3, 0.4) is 0 Å². The van der Waals surface area contributed by atoms with Gasteiger partial charge < -0.3 is 4.42 Å². The normalized spacial score (nSPS) is 11.0. The lowest BCUT2D eigenvalue weighted by Crippen LogP contribution is -2.68. The van der Waals surface area contributed by atoms with E-state index in [1.807, 2.05) is 0 Å². The lowest BCUT2D eigenvalue weighted by Gasteiger charge is -2.17. The number of nitro benzene ring substituents is 1. The zero-order chi connectivity index (χ0) is 17.0. The van der Waals surface area contributed by atoms with Gasteiger partial charge in [-0.1, -0.05) is 12.1 Å². The summed E-state index contributed by atoms with van der Waals surface area (Å²) in [5.74, 6) is 0.983. The van der Waals surface area contributed by atoms with E-state index in [0.717, 1.165) is 0 Å². The van der Waals surface area contributed by atoms with Gasteiger partial charge in [0.1, 0.15) is 18.6 Å². The quantitative estimate of drug-likeness (QED) is 0.274. The number of benzene rings is 1. The highest BCUT2D eigenvalue weighted by molar-refractivity contribution is 5.60. The Morgan fingerprint density at radius 2 is 1.87 bits per heavy atom. The van der Waals surface area contributed by atoms with Crippen LogP contribution in [-0.4, -0.2) is 9.91 Å². The Balaban J connectivity index is 0.000000338. The van der Waals surface area contributed by atoms with Gasteiger partial charge in [0.2, 0.25) is 0 Å². The number of fused-ring (bicyclic) bond motifs is 1. The molecule has 120 valence electrons. The molecule has 0 amide bonds. The number of halogens is 1. The van der Waals surface area contributed by atoms with Crippen LogP contribution >= 0.6 is 0 Å². The van der Waals surface area contributed by atoms with Crippen LogP contribution in [-0.2, 0) is 0 Å². The monoisotopic (exact) mass is 341 g/mol. The number of aromatic nitrogens is 2. The molecule has 0 radical (unpaired) electrons. The molecule has 2 heterocycles. The average Bonchev–Trinajstić information content (AvgIpc) is 2.89. The summed E-state index contributed by atoms with van der Waals surface area (Å²) >= 11 is 0. The number of rotatable bonds is 2. The average molecular weight is 342 g/mol. The molecule has 23 heavy (non-hydrogen) atoms. The summed E-state index contributed by atoms with van der Waals surface area (Å²) in [6.07, 6.45) is 5.16. The minimum Gasteiger partial charge on any atom is -0.384 e. The first-order valence-corrected chi connectivity index (χ1v) is 7.10. The molecule has 0 aliphatic heterocycles. The lowest BCUT2D eigenvalue weighted by molar-refractivity contribution is -2.00. The number of hydrogen-bond acceptors (Lipinski definition) is 8. The highest BCUT2D eigenvalue weighted by atomic mass is 35.7. The maximum atomic E-state index is 10.7. The smallest absolute Gasteiger partial charge is 0.384 e. The van der Waals surface area contributed by atoms with Crippen LogP contribution in [0.4, 0.5) is 5.69 Å². The van der Waals surface area contributed by atoms with Crippen molar-refractivity contribution in [1.29, 1.82) is 0 Å². The van der Waals surface area contributed by atoms with Crippen LogP contribution in [0.2, 0.25) is 0 Å². The maximum absolute atomic E-state index is 10.7. The third kappa shape index (κ3) is 4.95. The molecule has 0 N–H and O–H groups in total. The Morgan fingerprint density at radius 1 is 1.17 bits per heavy atom. The molecule has 0 aliphatic carbocycles. The first-order chi connectivity index (χ1) is 10.7. The molecule has 2 aromatic heterocycles. The van der Waals surface area contributed by atoms with Crippen LogP contribution in [0, 0.1) is 20.4 Å². The van der Waals surface area contributed by atoms with E-state index in [1.54, 1.807) is 41.2 Å². The van der Waals surface area contributed by atoms with Crippen molar-refractivity contribution in [3.8, 4) is 11.3 Å². The summed E-state index contributed by atoms with van der Waals surface area (Å²) in [5, 5.41) is 10.7.